The molecule has 9 rings (SSSR count). The molecule has 0 saturated carbocycles. The van der Waals surface area contributed by atoms with E-state index in [2.05, 4.69) is 205 Å². The van der Waals surface area contributed by atoms with E-state index in [1.807, 2.05) is 36.4 Å². The lowest BCUT2D eigenvalue weighted by Crippen LogP contribution is -2.11. The van der Waals surface area contributed by atoms with E-state index in [1.54, 1.807) is 0 Å². The largest absolute Gasteiger partial charge is 0.647 e. The first kappa shape index (κ1) is 48.6. The van der Waals surface area contributed by atoms with Crippen LogP contribution in [0.1, 0.15) is 74.9 Å². The summed E-state index contributed by atoms with van der Waals surface area (Å²) < 4.78 is 38.6. The van der Waals surface area contributed by atoms with Gasteiger partial charge in [-0.2, -0.15) is 4.57 Å². The molecule has 0 N–H and O–H groups in total. The molecule has 0 aliphatic rings. The molecular formula is C66H63O4P. The predicted molar refractivity (Wildman–Crippen MR) is 298 cm³/mol. The van der Waals surface area contributed by atoms with E-state index in [4.69, 9.17) is 13.6 Å². The molecule has 0 aromatic heterocycles. The Kier molecular flexibility index (Phi) is 15.2. The van der Waals surface area contributed by atoms with Gasteiger partial charge in [-0.05, 0) is 140 Å². The van der Waals surface area contributed by atoms with E-state index >= 15 is 4.57 Å². The smallest absolute Gasteiger partial charge is 0.385 e. The summed E-state index contributed by atoms with van der Waals surface area (Å²) >= 11 is 0. The van der Waals surface area contributed by atoms with Gasteiger partial charge in [0.2, 0.25) is 0 Å². The van der Waals surface area contributed by atoms with Crippen molar-refractivity contribution in [3.63, 3.8) is 0 Å². The molecular weight excluding hydrogens is 888 g/mol. The fourth-order valence-corrected chi connectivity index (χ4v) is 11.5. The minimum Gasteiger partial charge on any atom is -0.385 e. The van der Waals surface area contributed by atoms with Gasteiger partial charge in [-0.25, -0.2) is 0 Å². The quantitative estimate of drug-likeness (QED) is 0.0804. The highest BCUT2D eigenvalue weighted by Crippen LogP contribution is 2.58. The van der Waals surface area contributed by atoms with Crippen LogP contribution in [-0.4, -0.2) is 0 Å². The topological polar surface area (TPSA) is 44.8 Å². The molecule has 0 amide bonds. The third-order valence-corrected chi connectivity index (χ3v) is 15.0. The van der Waals surface area contributed by atoms with Crippen LogP contribution in [0.4, 0.5) is 0 Å². The van der Waals surface area contributed by atoms with Gasteiger partial charge in [-0.15, -0.1) is 0 Å². The van der Waals surface area contributed by atoms with Crippen LogP contribution < -0.4 is 13.6 Å². The van der Waals surface area contributed by atoms with Gasteiger partial charge in [0, 0.05) is 16.7 Å². The number of hydrogen-bond acceptors (Lipinski definition) is 4. The average molecular weight is 951 g/mol. The van der Waals surface area contributed by atoms with Gasteiger partial charge in [0.1, 0.15) is 17.2 Å². The van der Waals surface area contributed by atoms with Gasteiger partial charge in [-0.1, -0.05) is 224 Å². The summed E-state index contributed by atoms with van der Waals surface area (Å²) in [4.78, 5) is 0. The van der Waals surface area contributed by atoms with Gasteiger partial charge in [-0.3, -0.25) is 0 Å². The predicted octanol–water partition coefficient (Wildman–Crippen LogP) is 18.7. The van der Waals surface area contributed by atoms with Crippen LogP contribution in [0.15, 0.2) is 200 Å². The van der Waals surface area contributed by atoms with Crippen molar-refractivity contribution >= 4 is 7.82 Å². The molecule has 0 atom stereocenters. The number of phosphoric ester groups is 1. The first-order valence-electron chi connectivity index (χ1n) is 25.4. The fourth-order valence-electron chi connectivity index (χ4n) is 10.2. The molecule has 4 nitrogen and oxygen atoms in total. The Morgan fingerprint density at radius 2 is 0.451 bits per heavy atom. The Balaban J connectivity index is 1.34. The SMILES string of the molecule is CCc1ccccc1-c1cccc(OP(=O)(Oc2cccc(-c3ccccc3CC)c2-c2ccccc2CC)Oc2cccc(-c3ccccc3CC)c2-c2ccccc2CC)c1-c1ccccc1CC. The average Bonchev–Trinajstić information content (AvgIpc) is 3.42. The fraction of sp³-hybridized carbons (Fsp3) is 0.182. The molecule has 0 unspecified atom stereocenters. The van der Waals surface area contributed by atoms with Gasteiger partial charge in [0.25, 0.3) is 0 Å². The van der Waals surface area contributed by atoms with Crippen molar-refractivity contribution in [1.29, 1.82) is 0 Å². The Morgan fingerprint density at radius 1 is 0.254 bits per heavy atom. The maximum Gasteiger partial charge on any atom is 0.647 e. The molecule has 0 spiro atoms. The van der Waals surface area contributed by atoms with Crippen LogP contribution in [0.2, 0.25) is 0 Å². The van der Waals surface area contributed by atoms with Gasteiger partial charge < -0.3 is 13.6 Å². The second kappa shape index (κ2) is 22.1. The van der Waals surface area contributed by atoms with E-state index in [0.29, 0.717) is 17.2 Å². The van der Waals surface area contributed by atoms with E-state index in [-0.39, 0.29) is 0 Å². The monoisotopic (exact) mass is 950 g/mol. The zero-order valence-corrected chi connectivity index (χ0v) is 42.8. The minimum atomic E-state index is -4.79. The molecule has 9 aromatic rings. The van der Waals surface area contributed by atoms with Crippen molar-refractivity contribution in [2.24, 2.45) is 0 Å². The van der Waals surface area contributed by atoms with Gasteiger partial charge in [0.05, 0.1) is 0 Å². The lowest BCUT2D eigenvalue weighted by molar-refractivity contribution is 0.299. The van der Waals surface area contributed by atoms with Gasteiger partial charge >= 0.3 is 7.82 Å². The molecule has 0 aliphatic carbocycles. The number of rotatable bonds is 18. The highest BCUT2D eigenvalue weighted by molar-refractivity contribution is 7.49. The Hall–Kier alpha value is -7.39. The van der Waals surface area contributed by atoms with Crippen LogP contribution in [0, 0.1) is 0 Å². The Morgan fingerprint density at radius 3 is 0.690 bits per heavy atom. The van der Waals surface area contributed by atoms with Crippen molar-refractivity contribution in [3.8, 4) is 84.0 Å². The lowest BCUT2D eigenvalue weighted by atomic mass is 9.88. The number of aryl methyl sites for hydroxylation is 6. The molecule has 0 heterocycles. The molecule has 71 heavy (non-hydrogen) atoms. The summed E-state index contributed by atoms with van der Waals surface area (Å²) in [6, 6.07) is 68.8. The second-order valence-corrected chi connectivity index (χ2v) is 19.3. The molecule has 0 fully saturated rings. The van der Waals surface area contributed by atoms with Crippen LogP contribution in [0.25, 0.3) is 66.8 Å². The molecule has 0 bridgehead atoms. The number of hydrogen-bond donors (Lipinski definition) is 0. The number of benzene rings is 9. The summed E-state index contributed by atoms with van der Waals surface area (Å²) in [6.07, 6.45) is 4.84. The molecule has 356 valence electrons. The third-order valence-electron chi connectivity index (χ3n) is 13.8. The zero-order chi connectivity index (χ0) is 49.3. The van der Waals surface area contributed by atoms with Crippen molar-refractivity contribution < 1.29 is 18.1 Å². The maximum atomic E-state index is 17.0. The second-order valence-electron chi connectivity index (χ2n) is 17.8. The first-order chi connectivity index (χ1) is 34.8. The number of phosphoric acid groups is 1. The van der Waals surface area contributed by atoms with E-state index in [1.165, 1.54) is 16.7 Å². The maximum absolute atomic E-state index is 17.0. The molecule has 0 aliphatic heterocycles. The first-order valence-corrected chi connectivity index (χ1v) is 26.9. The van der Waals surface area contributed by atoms with E-state index in [0.717, 1.165) is 122 Å². The third kappa shape index (κ3) is 10.0. The van der Waals surface area contributed by atoms with Crippen molar-refractivity contribution in [1.82, 2.24) is 0 Å². The molecule has 0 radical (unpaired) electrons. The molecule has 5 heteroatoms. The summed E-state index contributed by atoms with van der Waals surface area (Å²) in [5.41, 5.74) is 18.6. The highest BCUT2D eigenvalue weighted by Gasteiger charge is 2.38. The summed E-state index contributed by atoms with van der Waals surface area (Å²) in [6.45, 7) is 13.0. The van der Waals surface area contributed by atoms with Crippen molar-refractivity contribution in [2.75, 3.05) is 0 Å². The Labute approximate surface area is 421 Å². The molecule has 9 aromatic carbocycles. The molecule has 0 saturated heterocycles. The van der Waals surface area contributed by atoms with Crippen molar-refractivity contribution in [3.05, 3.63) is 234 Å². The normalized spacial score (nSPS) is 11.4. The summed E-state index contributed by atoms with van der Waals surface area (Å²) in [5.74, 6) is 1.18. The van der Waals surface area contributed by atoms with Crippen LogP contribution in [0.3, 0.4) is 0 Å². The van der Waals surface area contributed by atoms with Crippen LogP contribution in [0.5, 0.6) is 17.2 Å². The van der Waals surface area contributed by atoms with Crippen molar-refractivity contribution in [2.45, 2.75) is 80.1 Å². The van der Waals surface area contributed by atoms with Crippen LogP contribution >= 0.6 is 7.82 Å². The summed E-state index contributed by atoms with van der Waals surface area (Å²) in [5, 5.41) is 0. The summed E-state index contributed by atoms with van der Waals surface area (Å²) in [7, 11) is -4.79. The van der Waals surface area contributed by atoms with E-state index in [9.17, 15) is 0 Å². The standard InChI is InChI=1S/C66H63O4P/c1-7-46-28-13-19-34-52(46)58-40-25-43-61(64(58)55-37-22-16-31-49(55)10-4)68-71(67,69-62-44-26-41-59(53-35-20-14-29-47(53)8-2)65(62)56-38-23-17-32-50(56)11-5)70-63-45-27-42-60(54-36-21-15-30-48(54)9-3)66(63)57-39-24-18-33-51(57)12-6/h13-45H,7-12H2,1-6H3. The Bertz CT molecular complexity index is 3010. The van der Waals surface area contributed by atoms with Gasteiger partial charge in [0.15, 0.2) is 0 Å². The zero-order valence-electron chi connectivity index (χ0n) is 41.9. The highest BCUT2D eigenvalue weighted by atomic mass is 31.2. The minimum absolute atomic E-state index is 0.392. The lowest BCUT2D eigenvalue weighted by Gasteiger charge is -2.27. The van der Waals surface area contributed by atoms with Crippen LogP contribution in [-0.2, 0) is 43.1 Å². The van der Waals surface area contributed by atoms with E-state index < -0.39 is 7.82 Å².